The van der Waals surface area contributed by atoms with Gasteiger partial charge in [-0.05, 0) is 37.1 Å². The summed E-state index contributed by atoms with van der Waals surface area (Å²) in [5.74, 6) is 0.227. The molecule has 3 heterocycles. The van der Waals surface area contributed by atoms with Crippen LogP contribution < -0.4 is 0 Å². The van der Waals surface area contributed by atoms with E-state index in [9.17, 15) is 9.18 Å². The predicted octanol–water partition coefficient (Wildman–Crippen LogP) is 3.50. The van der Waals surface area contributed by atoms with Crippen LogP contribution in [-0.2, 0) is 13.0 Å². The number of nitrogens with zero attached hydrogens (tertiary/aromatic N) is 2. The molecule has 0 radical (unpaired) electrons. The Morgan fingerprint density at radius 1 is 1.28 bits per heavy atom. The summed E-state index contributed by atoms with van der Waals surface area (Å²) in [4.78, 5) is 17.8. The summed E-state index contributed by atoms with van der Waals surface area (Å²) in [6, 6.07) is 6.32. The van der Waals surface area contributed by atoms with E-state index in [1.54, 1.807) is 12.1 Å². The Balaban J connectivity index is 1.43. The lowest BCUT2D eigenvalue weighted by molar-refractivity contribution is 0.0728. The predicted molar refractivity (Wildman–Crippen MR) is 91.9 cm³/mol. The van der Waals surface area contributed by atoms with Crippen molar-refractivity contribution in [1.82, 2.24) is 20.1 Å². The first-order chi connectivity index (χ1) is 12.2. The van der Waals surface area contributed by atoms with Gasteiger partial charge in [-0.3, -0.25) is 9.89 Å². The van der Waals surface area contributed by atoms with Crippen LogP contribution >= 0.6 is 0 Å². The smallest absolute Gasteiger partial charge is 0.270 e. The summed E-state index contributed by atoms with van der Waals surface area (Å²) >= 11 is 0. The molecule has 0 atom stereocenters. The fourth-order valence-corrected chi connectivity index (χ4v) is 3.90. The number of aromatic nitrogens is 3. The van der Waals surface area contributed by atoms with Crippen molar-refractivity contribution in [2.24, 2.45) is 0 Å². The van der Waals surface area contributed by atoms with E-state index in [2.05, 4.69) is 15.2 Å². The van der Waals surface area contributed by atoms with Gasteiger partial charge >= 0.3 is 0 Å². The van der Waals surface area contributed by atoms with Gasteiger partial charge in [-0.25, -0.2) is 4.39 Å². The number of rotatable bonds is 2. The highest BCUT2D eigenvalue weighted by atomic mass is 19.1. The van der Waals surface area contributed by atoms with Crippen molar-refractivity contribution in [3.05, 3.63) is 52.7 Å². The summed E-state index contributed by atoms with van der Waals surface area (Å²) in [7, 11) is 0. The highest BCUT2D eigenvalue weighted by molar-refractivity contribution is 5.98. The van der Waals surface area contributed by atoms with Crippen LogP contribution in [0, 0.1) is 5.82 Å². The lowest BCUT2D eigenvalue weighted by Gasteiger charge is -2.30. The molecule has 1 amide bonds. The third-order valence-corrected chi connectivity index (χ3v) is 5.57. The summed E-state index contributed by atoms with van der Waals surface area (Å²) in [5, 5.41) is 8.51. The Labute approximate surface area is 144 Å². The number of hydrogen-bond acceptors (Lipinski definition) is 2. The van der Waals surface area contributed by atoms with E-state index >= 15 is 0 Å². The monoisotopic (exact) mass is 338 g/mol. The highest BCUT2D eigenvalue weighted by Crippen LogP contribution is 2.39. The summed E-state index contributed by atoms with van der Waals surface area (Å²) in [6.07, 6.45) is 4.46. The molecule has 3 aromatic rings. The van der Waals surface area contributed by atoms with Crippen molar-refractivity contribution in [2.45, 2.75) is 38.1 Å². The van der Waals surface area contributed by atoms with Gasteiger partial charge in [-0.2, -0.15) is 5.10 Å². The molecule has 5 nitrogen and oxygen atoms in total. The Morgan fingerprint density at radius 3 is 2.96 bits per heavy atom. The minimum Gasteiger partial charge on any atom is -0.350 e. The Morgan fingerprint density at radius 2 is 2.16 bits per heavy atom. The fraction of sp³-hybridized carbons (Fsp3) is 0.368. The quantitative estimate of drug-likeness (QED) is 0.751. The zero-order chi connectivity index (χ0) is 17.0. The van der Waals surface area contributed by atoms with Crippen molar-refractivity contribution in [3.8, 4) is 0 Å². The molecule has 0 unspecified atom stereocenters. The van der Waals surface area contributed by atoms with Crippen LogP contribution in [0.5, 0.6) is 0 Å². The van der Waals surface area contributed by atoms with E-state index in [1.807, 2.05) is 4.90 Å². The second-order valence-corrected chi connectivity index (χ2v) is 7.08. The molecule has 5 rings (SSSR count). The van der Waals surface area contributed by atoms with Crippen LogP contribution in [0.25, 0.3) is 10.9 Å². The number of H-pyrrole nitrogens is 2. The van der Waals surface area contributed by atoms with Gasteiger partial charge in [0, 0.05) is 47.6 Å². The maximum Gasteiger partial charge on any atom is 0.270 e. The van der Waals surface area contributed by atoms with E-state index < -0.39 is 0 Å². The van der Waals surface area contributed by atoms with Crippen LogP contribution in [-0.4, -0.2) is 32.5 Å². The van der Waals surface area contributed by atoms with Crippen molar-refractivity contribution in [3.63, 3.8) is 0 Å². The number of amides is 1. The van der Waals surface area contributed by atoms with E-state index in [0.29, 0.717) is 30.2 Å². The van der Waals surface area contributed by atoms with Gasteiger partial charge in [0.15, 0.2) is 0 Å². The minimum absolute atomic E-state index is 0.0389. The van der Waals surface area contributed by atoms with Gasteiger partial charge in [0.1, 0.15) is 11.5 Å². The third-order valence-electron chi connectivity index (χ3n) is 5.57. The largest absolute Gasteiger partial charge is 0.350 e. The number of benzene rings is 1. The summed E-state index contributed by atoms with van der Waals surface area (Å²) in [6.45, 7) is 1.25. The third kappa shape index (κ3) is 2.35. The normalized spacial score (nSPS) is 17.6. The number of hydrogen-bond donors (Lipinski definition) is 2. The molecule has 1 saturated carbocycles. The van der Waals surface area contributed by atoms with Crippen LogP contribution in [0.1, 0.15) is 52.6 Å². The van der Waals surface area contributed by atoms with E-state index in [1.165, 1.54) is 42.7 Å². The Kier molecular flexibility index (Phi) is 3.20. The molecule has 0 spiro atoms. The van der Waals surface area contributed by atoms with Gasteiger partial charge in [-0.1, -0.05) is 6.42 Å². The van der Waals surface area contributed by atoms with E-state index in [-0.39, 0.29) is 11.7 Å². The first-order valence-electron chi connectivity index (χ1n) is 8.82. The molecule has 1 fully saturated rings. The Bertz CT molecular complexity index is 969. The standard InChI is InChI=1S/C19H19FN4O/c20-13-5-4-12-8-17(21-16(12)9-13)19(25)24-7-6-15-14(10-24)18(23-22-15)11-2-1-3-11/h4-5,8-9,11,21H,1-3,6-7,10H2,(H,22,23). The average Bonchev–Trinajstić information content (AvgIpc) is 3.16. The van der Waals surface area contributed by atoms with Crippen molar-refractivity contribution < 1.29 is 9.18 Å². The fourth-order valence-electron chi connectivity index (χ4n) is 3.90. The van der Waals surface area contributed by atoms with Crippen molar-refractivity contribution >= 4 is 16.8 Å². The second-order valence-electron chi connectivity index (χ2n) is 7.08. The maximum atomic E-state index is 13.4. The molecule has 1 aliphatic heterocycles. The Hall–Kier alpha value is -2.63. The molecular weight excluding hydrogens is 319 g/mol. The van der Waals surface area contributed by atoms with Crippen LogP contribution in [0.4, 0.5) is 4.39 Å². The first-order valence-corrected chi connectivity index (χ1v) is 8.82. The molecule has 0 bridgehead atoms. The van der Waals surface area contributed by atoms with Gasteiger partial charge in [-0.15, -0.1) is 0 Å². The number of nitrogens with one attached hydrogen (secondary N) is 2. The average molecular weight is 338 g/mol. The second kappa shape index (κ2) is 5.44. The SMILES string of the molecule is O=C(c1cc2ccc(F)cc2[nH]1)N1CCc2n[nH]c(C3CCC3)c2C1. The van der Waals surface area contributed by atoms with Gasteiger partial charge in [0.05, 0.1) is 5.69 Å². The van der Waals surface area contributed by atoms with Crippen molar-refractivity contribution in [1.29, 1.82) is 0 Å². The minimum atomic E-state index is -0.306. The van der Waals surface area contributed by atoms with Gasteiger partial charge in [0.25, 0.3) is 5.91 Å². The number of carbonyl (C=O) groups is 1. The number of halogens is 1. The van der Waals surface area contributed by atoms with Gasteiger partial charge in [0.2, 0.25) is 0 Å². The first kappa shape index (κ1) is 14.7. The number of aromatic amines is 2. The lowest BCUT2D eigenvalue weighted by atomic mass is 9.81. The maximum absolute atomic E-state index is 13.4. The lowest BCUT2D eigenvalue weighted by Crippen LogP contribution is -2.36. The summed E-state index contributed by atoms with van der Waals surface area (Å²) < 4.78 is 13.4. The van der Waals surface area contributed by atoms with Crippen LogP contribution in [0.15, 0.2) is 24.3 Å². The number of carbonyl (C=O) groups excluding carboxylic acids is 1. The molecule has 1 aliphatic carbocycles. The molecule has 2 aliphatic rings. The molecular formula is C19H19FN4O. The molecule has 2 N–H and O–H groups in total. The number of fused-ring (bicyclic) bond motifs is 2. The molecule has 1 aromatic carbocycles. The molecule has 128 valence electrons. The van der Waals surface area contributed by atoms with Gasteiger partial charge < -0.3 is 9.88 Å². The molecule has 0 saturated heterocycles. The van der Waals surface area contributed by atoms with E-state index in [4.69, 9.17) is 0 Å². The molecule has 25 heavy (non-hydrogen) atoms. The topological polar surface area (TPSA) is 64.8 Å². The van der Waals surface area contributed by atoms with Crippen molar-refractivity contribution in [2.75, 3.05) is 6.54 Å². The van der Waals surface area contributed by atoms with E-state index in [0.717, 1.165) is 17.5 Å². The molecule has 6 heteroatoms. The zero-order valence-electron chi connectivity index (χ0n) is 13.8. The molecule has 2 aromatic heterocycles. The van der Waals surface area contributed by atoms with Crippen LogP contribution in [0.3, 0.4) is 0 Å². The zero-order valence-corrected chi connectivity index (χ0v) is 13.8. The highest BCUT2D eigenvalue weighted by Gasteiger charge is 2.31. The van der Waals surface area contributed by atoms with Crippen LogP contribution in [0.2, 0.25) is 0 Å². The summed E-state index contributed by atoms with van der Waals surface area (Å²) in [5.41, 5.74) is 4.69.